The van der Waals surface area contributed by atoms with Crippen molar-refractivity contribution >= 4 is 51.7 Å². The first-order valence-electron chi connectivity index (χ1n) is 9.57. The number of nitrogens with zero attached hydrogens (tertiary/aromatic N) is 3. The fourth-order valence-corrected chi connectivity index (χ4v) is 4.29. The molecular weight excluding hydrogens is 392 g/mol. The molecule has 0 radical (unpaired) electrons. The summed E-state index contributed by atoms with van der Waals surface area (Å²) in [7, 11) is 0. The van der Waals surface area contributed by atoms with Crippen LogP contribution in [0, 0.1) is 0 Å². The summed E-state index contributed by atoms with van der Waals surface area (Å²) in [4.78, 5) is 32.5. The molecule has 2 aromatic rings. The molecule has 1 aliphatic rings. The minimum atomic E-state index is -0.204. The SMILES string of the molecule is CCCCCNc1nc2ccccn2c(=O)c1C=C1SC(=S)N(CCC)C1=O. The van der Waals surface area contributed by atoms with E-state index in [9.17, 15) is 9.59 Å². The molecule has 0 aromatic carbocycles. The van der Waals surface area contributed by atoms with Crippen molar-refractivity contribution in [3.05, 3.63) is 45.2 Å². The van der Waals surface area contributed by atoms with Crippen LogP contribution < -0.4 is 10.9 Å². The lowest BCUT2D eigenvalue weighted by Crippen LogP contribution is -2.28. The highest BCUT2D eigenvalue weighted by molar-refractivity contribution is 8.26. The van der Waals surface area contributed by atoms with Gasteiger partial charge in [-0.15, -0.1) is 0 Å². The van der Waals surface area contributed by atoms with Gasteiger partial charge in [-0.05, 0) is 31.1 Å². The zero-order valence-corrected chi connectivity index (χ0v) is 17.7. The van der Waals surface area contributed by atoms with Crippen LogP contribution in [-0.4, -0.2) is 37.6 Å². The Morgan fingerprint density at radius 3 is 2.79 bits per heavy atom. The van der Waals surface area contributed by atoms with Crippen molar-refractivity contribution in [3.63, 3.8) is 0 Å². The number of unbranched alkanes of at least 4 members (excludes halogenated alkanes) is 2. The van der Waals surface area contributed by atoms with Crippen molar-refractivity contribution in [2.75, 3.05) is 18.4 Å². The van der Waals surface area contributed by atoms with Crippen LogP contribution in [0.4, 0.5) is 5.82 Å². The van der Waals surface area contributed by atoms with Crippen LogP contribution in [0.5, 0.6) is 0 Å². The molecule has 0 saturated carbocycles. The molecule has 3 rings (SSSR count). The lowest BCUT2D eigenvalue weighted by molar-refractivity contribution is -0.122. The fourth-order valence-electron chi connectivity index (χ4n) is 3.00. The molecule has 1 N–H and O–H groups in total. The molecule has 1 amide bonds. The third kappa shape index (κ3) is 4.28. The summed E-state index contributed by atoms with van der Waals surface area (Å²) < 4.78 is 2.03. The van der Waals surface area contributed by atoms with Crippen LogP contribution in [0.3, 0.4) is 0 Å². The third-order valence-electron chi connectivity index (χ3n) is 4.44. The van der Waals surface area contributed by atoms with Crippen molar-refractivity contribution in [2.45, 2.75) is 39.5 Å². The number of carbonyl (C=O) groups excluding carboxylic acids is 1. The Balaban J connectivity index is 2.03. The van der Waals surface area contributed by atoms with E-state index in [0.29, 0.717) is 32.8 Å². The molecule has 0 atom stereocenters. The second-order valence-corrected chi connectivity index (χ2v) is 8.25. The van der Waals surface area contributed by atoms with Gasteiger partial charge in [0.2, 0.25) is 0 Å². The molecule has 1 saturated heterocycles. The Morgan fingerprint density at radius 1 is 1.21 bits per heavy atom. The van der Waals surface area contributed by atoms with Gasteiger partial charge in [-0.25, -0.2) is 4.98 Å². The van der Waals surface area contributed by atoms with Crippen LogP contribution >= 0.6 is 24.0 Å². The summed E-state index contributed by atoms with van der Waals surface area (Å²) in [6, 6.07) is 5.43. The number of anilines is 1. The predicted octanol–water partition coefficient (Wildman–Crippen LogP) is 3.91. The van der Waals surface area contributed by atoms with Gasteiger partial charge in [0.25, 0.3) is 11.5 Å². The number of rotatable bonds is 8. The smallest absolute Gasteiger partial charge is 0.267 e. The number of thiocarbonyl (C=S) groups is 1. The molecule has 3 heterocycles. The van der Waals surface area contributed by atoms with Crippen molar-refractivity contribution in [2.24, 2.45) is 0 Å². The van der Waals surface area contributed by atoms with Gasteiger partial charge in [0.05, 0.1) is 10.5 Å². The Kier molecular flexibility index (Phi) is 6.85. The first-order valence-corrected chi connectivity index (χ1v) is 10.8. The topological polar surface area (TPSA) is 66.7 Å². The molecule has 6 nitrogen and oxygen atoms in total. The van der Waals surface area contributed by atoms with Crippen LogP contribution in [0.15, 0.2) is 34.1 Å². The summed E-state index contributed by atoms with van der Waals surface area (Å²) in [6.07, 6.45) is 7.35. The van der Waals surface area contributed by atoms with Gasteiger partial charge in [0.15, 0.2) is 0 Å². The van der Waals surface area contributed by atoms with Gasteiger partial charge in [0, 0.05) is 19.3 Å². The highest BCUT2D eigenvalue weighted by Gasteiger charge is 2.31. The summed E-state index contributed by atoms with van der Waals surface area (Å²) in [5.74, 6) is 0.361. The number of aromatic nitrogens is 2. The Bertz CT molecular complexity index is 984. The largest absolute Gasteiger partial charge is 0.369 e. The number of carbonyl (C=O) groups is 1. The van der Waals surface area contributed by atoms with Crippen molar-refractivity contribution in [3.8, 4) is 0 Å². The minimum absolute atomic E-state index is 0.147. The van der Waals surface area contributed by atoms with E-state index in [2.05, 4.69) is 17.2 Å². The maximum Gasteiger partial charge on any atom is 0.267 e. The van der Waals surface area contributed by atoms with Crippen LogP contribution in [0.25, 0.3) is 11.7 Å². The molecule has 28 heavy (non-hydrogen) atoms. The number of fused-ring (bicyclic) bond motifs is 1. The fraction of sp³-hybridized carbons (Fsp3) is 0.400. The number of hydrogen-bond donors (Lipinski definition) is 1. The molecule has 0 bridgehead atoms. The quantitative estimate of drug-likeness (QED) is 0.400. The van der Waals surface area contributed by atoms with E-state index in [0.717, 1.165) is 32.2 Å². The molecular formula is C20H24N4O2S2. The molecule has 1 aliphatic heterocycles. The molecule has 0 spiro atoms. The molecule has 1 fully saturated rings. The second kappa shape index (κ2) is 9.34. The normalized spacial score (nSPS) is 15.8. The highest BCUT2D eigenvalue weighted by Crippen LogP contribution is 2.33. The monoisotopic (exact) mass is 416 g/mol. The van der Waals surface area contributed by atoms with Crippen LogP contribution in [0.1, 0.15) is 45.1 Å². The Morgan fingerprint density at radius 2 is 2.04 bits per heavy atom. The molecule has 0 unspecified atom stereocenters. The zero-order valence-electron chi connectivity index (χ0n) is 16.1. The minimum Gasteiger partial charge on any atom is -0.369 e. The van der Waals surface area contributed by atoms with Crippen LogP contribution in [-0.2, 0) is 4.79 Å². The summed E-state index contributed by atoms with van der Waals surface area (Å²) in [6.45, 7) is 5.45. The number of nitrogens with one attached hydrogen (secondary N) is 1. The summed E-state index contributed by atoms with van der Waals surface area (Å²) in [5, 5.41) is 3.28. The lowest BCUT2D eigenvalue weighted by Gasteiger charge is -2.12. The van der Waals surface area contributed by atoms with Gasteiger partial charge in [-0.1, -0.05) is 56.7 Å². The van der Waals surface area contributed by atoms with E-state index >= 15 is 0 Å². The van der Waals surface area contributed by atoms with Gasteiger partial charge >= 0.3 is 0 Å². The molecule has 0 aliphatic carbocycles. The van der Waals surface area contributed by atoms with E-state index in [1.165, 1.54) is 16.2 Å². The Hall–Kier alpha value is -2.19. The van der Waals surface area contributed by atoms with Crippen molar-refractivity contribution in [1.82, 2.24) is 14.3 Å². The van der Waals surface area contributed by atoms with E-state index < -0.39 is 0 Å². The summed E-state index contributed by atoms with van der Waals surface area (Å²) in [5.41, 5.74) is 0.753. The maximum atomic E-state index is 13.1. The number of amides is 1. The van der Waals surface area contributed by atoms with Gasteiger partial charge in [0.1, 0.15) is 15.8 Å². The standard InChI is InChI=1S/C20H24N4O2S2/c1-3-5-7-10-21-17-14(18(25)23-12-8-6-9-16(23)22-17)13-15-19(26)24(11-4-2)20(27)28-15/h6,8-9,12-13,21H,3-5,7,10-11H2,1-2H3. The van der Waals surface area contributed by atoms with E-state index in [1.54, 1.807) is 29.3 Å². The van der Waals surface area contributed by atoms with Crippen LogP contribution in [0.2, 0.25) is 0 Å². The van der Waals surface area contributed by atoms with Gasteiger partial charge in [-0.2, -0.15) is 0 Å². The average molecular weight is 417 g/mol. The number of hydrogen-bond acceptors (Lipinski definition) is 6. The van der Waals surface area contributed by atoms with Gasteiger partial charge in [-0.3, -0.25) is 18.9 Å². The molecule has 8 heteroatoms. The first kappa shape index (κ1) is 20.5. The average Bonchev–Trinajstić information content (AvgIpc) is 2.96. The highest BCUT2D eigenvalue weighted by atomic mass is 32.2. The predicted molar refractivity (Wildman–Crippen MR) is 120 cm³/mol. The van der Waals surface area contributed by atoms with E-state index in [4.69, 9.17) is 12.2 Å². The Labute approximate surface area is 174 Å². The third-order valence-corrected chi connectivity index (χ3v) is 5.82. The molecule has 2 aromatic heterocycles. The van der Waals surface area contributed by atoms with Crippen molar-refractivity contribution < 1.29 is 4.79 Å². The lowest BCUT2D eigenvalue weighted by atomic mass is 10.2. The van der Waals surface area contributed by atoms with Crippen molar-refractivity contribution in [1.29, 1.82) is 0 Å². The molecule has 148 valence electrons. The second-order valence-electron chi connectivity index (χ2n) is 6.58. The van der Waals surface area contributed by atoms with Gasteiger partial charge < -0.3 is 5.32 Å². The summed E-state index contributed by atoms with van der Waals surface area (Å²) >= 11 is 6.57. The van der Waals surface area contributed by atoms with E-state index in [1.807, 2.05) is 13.0 Å². The maximum absolute atomic E-state index is 13.1. The number of pyridine rings is 1. The number of thioether (sulfide) groups is 1. The zero-order chi connectivity index (χ0) is 20.1. The first-order chi connectivity index (χ1) is 13.6. The van der Waals surface area contributed by atoms with E-state index in [-0.39, 0.29) is 11.5 Å².